The Morgan fingerprint density at radius 3 is 1.06 bits per heavy atom. The molecule has 1 aliphatic rings. The Hall–Kier alpha value is -1.61. The van der Waals surface area contributed by atoms with Crippen LogP contribution in [0.3, 0.4) is 0 Å². The van der Waals surface area contributed by atoms with Gasteiger partial charge in [-0.2, -0.15) is 17.6 Å². The second kappa shape index (κ2) is 8.55. The summed E-state index contributed by atoms with van der Waals surface area (Å²) < 4.78 is 146. The Morgan fingerprint density at radius 1 is 0.515 bits per heavy atom. The fraction of sp³-hybridized carbons (Fsp3) is 0.429. The second-order valence-electron chi connectivity index (χ2n) is 8.77. The molecule has 0 radical (unpaired) electrons. The van der Waals surface area contributed by atoms with E-state index in [2.05, 4.69) is 0 Å². The van der Waals surface area contributed by atoms with Crippen molar-refractivity contribution in [2.45, 2.75) is 51.2 Å². The van der Waals surface area contributed by atoms with Crippen molar-refractivity contribution in [1.29, 1.82) is 0 Å². The molecule has 182 valence electrons. The van der Waals surface area contributed by atoms with Crippen LogP contribution < -0.4 is 10.6 Å². The van der Waals surface area contributed by atoms with Crippen molar-refractivity contribution in [3.8, 4) is 0 Å². The summed E-state index contributed by atoms with van der Waals surface area (Å²) in [5, 5.41) is -2.85. The second-order valence-corrected chi connectivity index (χ2v) is 21.3. The monoisotopic (exact) mass is 521 g/mol. The molecule has 1 saturated heterocycles. The lowest BCUT2D eigenvalue weighted by atomic mass is 10.3. The number of hydrogen-bond donors (Lipinski definition) is 0. The van der Waals surface area contributed by atoms with Gasteiger partial charge in [-0.15, -0.1) is 0 Å². The van der Waals surface area contributed by atoms with Gasteiger partial charge in [-0.05, 0) is 23.5 Å². The summed E-state index contributed by atoms with van der Waals surface area (Å²) in [4.78, 5) is 0. The Morgan fingerprint density at radius 2 is 0.788 bits per heavy atom. The topological polar surface area (TPSA) is 0 Å². The fourth-order valence-corrected chi connectivity index (χ4v) is 28.0. The van der Waals surface area contributed by atoms with Crippen molar-refractivity contribution in [2.24, 2.45) is 0 Å². The minimum Gasteiger partial charge on any atom is -0.200 e. The third-order valence-electron chi connectivity index (χ3n) is 6.92. The zero-order valence-electron chi connectivity index (χ0n) is 18.0. The Labute approximate surface area is 185 Å². The molecular formula is C21H20F10PSi+. The van der Waals surface area contributed by atoms with Crippen LogP contribution in [0.25, 0.3) is 0 Å². The minimum atomic E-state index is -4.36. The van der Waals surface area contributed by atoms with Crippen molar-refractivity contribution in [3.63, 3.8) is 0 Å². The van der Waals surface area contributed by atoms with Crippen LogP contribution in [-0.2, 0) is 0 Å². The molecule has 0 atom stereocenters. The quantitative estimate of drug-likeness (QED) is 0.131. The van der Waals surface area contributed by atoms with E-state index in [1.807, 2.05) is 0 Å². The highest BCUT2D eigenvalue weighted by Gasteiger charge is 2.73. The zero-order valence-corrected chi connectivity index (χ0v) is 19.9. The molecule has 1 aliphatic heterocycles. The van der Waals surface area contributed by atoms with Gasteiger partial charge in [0.15, 0.2) is 10.6 Å². The van der Waals surface area contributed by atoms with Crippen LogP contribution in [0.1, 0.15) is 34.1 Å². The van der Waals surface area contributed by atoms with Crippen LogP contribution in [0.2, 0.25) is 17.1 Å². The van der Waals surface area contributed by atoms with Crippen molar-refractivity contribution >= 4 is 25.2 Å². The van der Waals surface area contributed by atoms with E-state index >= 15 is 17.6 Å². The number of hydrogen-bond acceptors (Lipinski definition) is 0. The van der Waals surface area contributed by atoms with E-state index in [0.29, 0.717) is 0 Å². The average molecular weight is 521 g/mol. The summed E-state index contributed by atoms with van der Waals surface area (Å²) in [5.41, 5.74) is -1.09. The molecular weight excluding hydrogens is 501 g/mol. The van der Waals surface area contributed by atoms with Crippen molar-refractivity contribution in [3.05, 3.63) is 58.2 Å². The molecule has 0 nitrogen and oxygen atoms in total. The maximum Gasteiger partial charge on any atom is 0.247 e. The van der Waals surface area contributed by atoms with Gasteiger partial charge in [0.1, 0.15) is 0 Å². The Balaban J connectivity index is 2.71. The summed E-state index contributed by atoms with van der Waals surface area (Å²) in [6.07, 6.45) is -0.359. The van der Waals surface area contributed by atoms with Crippen LogP contribution in [0.4, 0.5) is 43.9 Å². The molecule has 12 heteroatoms. The van der Waals surface area contributed by atoms with Crippen LogP contribution >= 0.6 is 6.81 Å². The molecule has 0 aliphatic carbocycles. The first-order chi connectivity index (χ1) is 15.2. The number of rotatable bonds is 4. The van der Waals surface area contributed by atoms with Gasteiger partial charge >= 0.3 is 0 Å². The third-order valence-corrected chi connectivity index (χ3v) is 26.8. The van der Waals surface area contributed by atoms with E-state index in [4.69, 9.17) is 0 Å². The molecule has 3 rings (SSSR count). The van der Waals surface area contributed by atoms with Crippen LogP contribution in [0.15, 0.2) is 0 Å². The zero-order chi connectivity index (χ0) is 25.2. The lowest BCUT2D eigenvalue weighted by Gasteiger charge is -2.43. The van der Waals surface area contributed by atoms with E-state index in [1.54, 1.807) is 27.7 Å². The number of halogens is 10. The predicted octanol–water partition coefficient (Wildman–Crippen LogP) is 7.22. The summed E-state index contributed by atoms with van der Waals surface area (Å²) in [7, 11) is -3.56. The van der Waals surface area contributed by atoms with E-state index in [0.717, 1.165) is 0 Å². The van der Waals surface area contributed by atoms with Crippen LogP contribution in [0.5, 0.6) is 0 Å². The third kappa shape index (κ3) is 3.21. The van der Waals surface area contributed by atoms with E-state index in [1.165, 1.54) is 0 Å². The normalized spacial score (nSPS) is 17.5. The molecule has 0 saturated carbocycles. The SMILES string of the molecule is CC(C)[Si]1(C(C)C)CCC[P+]1(c1c(F)c(F)c(F)c(F)c1F)c1c(F)c(F)c(F)c(F)c1F. The highest BCUT2D eigenvalue weighted by molar-refractivity contribution is 8.18. The molecule has 33 heavy (non-hydrogen) atoms. The number of benzene rings is 2. The van der Waals surface area contributed by atoms with Crippen LogP contribution in [-0.4, -0.2) is 13.9 Å². The molecule has 1 fully saturated rings. The van der Waals surface area contributed by atoms with Gasteiger partial charge in [-0.3, -0.25) is 0 Å². The van der Waals surface area contributed by atoms with Crippen molar-refractivity contribution in [2.75, 3.05) is 6.16 Å². The van der Waals surface area contributed by atoms with Gasteiger partial charge in [0.25, 0.3) is 0 Å². The molecule has 2 aromatic carbocycles. The molecule has 0 spiro atoms. The van der Waals surface area contributed by atoms with Crippen molar-refractivity contribution < 1.29 is 43.9 Å². The van der Waals surface area contributed by atoms with Gasteiger partial charge in [-0.1, -0.05) is 27.7 Å². The molecule has 0 aromatic heterocycles. The largest absolute Gasteiger partial charge is 0.247 e. The van der Waals surface area contributed by atoms with E-state index < -0.39 is 101 Å². The summed E-state index contributed by atoms with van der Waals surface area (Å²) >= 11 is 0. The lowest BCUT2D eigenvalue weighted by Crippen LogP contribution is -2.52. The van der Waals surface area contributed by atoms with Gasteiger partial charge in [-0.25, -0.2) is 26.3 Å². The average Bonchev–Trinajstić information content (AvgIpc) is 3.15. The molecule has 2 aromatic rings. The summed E-state index contributed by atoms with van der Waals surface area (Å²) in [6, 6.07) is 0.162. The summed E-state index contributed by atoms with van der Waals surface area (Å²) in [6.45, 7) is 1.99. The first-order valence-corrected chi connectivity index (χ1v) is 15.3. The molecule has 0 bridgehead atoms. The molecule has 1 heterocycles. The van der Waals surface area contributed by atoms with Gasteiger partial charge in [0.05, 0.1) is 13.0 Å². The molecule has 0 N–H and O–H groups in total. The predicted molar refractivity (Wildman–Crippen MR) is 109 cm³/mol. The highest BCUT2D eigenvalue weighted by Crippen LogP contribution is 2.77. The van der Waals surface area contributed by atoms with E-state index in [-0.39, 0.29) is 12.5 Å². The highest BCUT2D eigenvalue weighted by atomic mass is 31.4. The Kier molecular flexibility index (Phi) is 6.74. The summed E-state index contributed by atoms with van der Waals surface area (Å²) in [5.74, 6) is -23.4. The minimum absolute atomic E-state index is 0.0787. The molecule has 0 unspecified atom stereocenters. The standard InChI is InChI=1S/C21H20F10PSi/c1-8(2)33(9(3)4)7-5-6-32(33,20-16(28)12(24)10(22)13(25)17(20)29)21-18(30)14(26)11(23)15(27)19(21)31/h8-9H,5-7H2,1-4H3/q+1. The van der Waals surface area contributed by atoms with Gasteiger partial charge in [0, 0.05) is 0 Å². The lowest BCUT2D eigenvalue weighted by molar-refractivity contribution is 0.382. The van der Waals surface area contributed by atoms with E-state index in [9.17, 15) is 26.3 Å². The maximum absolute atomic E-state index is 15.2. The Bertz CT molecular complexity index is 995. The van der Waals surface area contributed by atoms with Gasteiger partial charge in [0.2, 0.25) is 65.9 Å². The first-order valence-electron chi connectivity index (χ1n) is 10.1. The van der Waals surface area contributed by atoms with Crippen LogP contribution in [0, 0.1) is 58.2 Å². The smallest absolute Gasteiger partial charge is 0.200 e. The first kappa shape index (κ1) is 26.0. The fourth-order valence-electron chi connectivity index (χ4n) is 5.73. The maximum atomic E-state index is 15.2. The molecule has 0 amide bonds. The van der Waals surface area contributed by atoms with Crippen molar-refractivity contribution in [1.82, 2.24) is 0 Å². The van der Waals surface area contributed by atoms with Gasteiger partial charge < -0.3 is 0 Å².